The number of hydrogen-bond donors (Lipinski definition) is 2. The number of nitrogens with zero attached hydrogens (tertiary/aromatic N) is 3. The van der Waals surface area contributed by atoms with Crippen LogP contribution in [0, 0.1) is 17.0 Å². The fourth-order valence-corrected chi connectivity index (χ4v) is 4.32. The van der Waals surface area contributed by atoms with E-state index in [1.165, 1.54) is 76.8 Å². The van der Waals surface area contributed by atoms with Crippen molar-refractivity contribution in [3.8, 4) is 28.4 Å². The van der Waals surface area contributed by atoms with Crippen LogP contribution in [0.2, 0.25) is 0 Å². The number of halogens is 2. The minimum absolute atomic E-state index is 0.107. The minimum Gasteiger partial charge on any atom is -0.452 e. The van der Waals surface area contributed by atoms with Gasteiger partial charge < -0.3 is 15.5 Å². The number of anilines is 1. The fraction of sp³-hybridized carbons (Fsp3) is 0.0357. The molecule has 2 aromatic carbocycles. The Kier molecular flexibility index (Phi) is 7.32. The third-order valence-corrected chi connectivity index (χ3v) is 6.25. The third-order valence-electron chi connectivity index (χ3n) is 5.66. The van der Waals surface area contributed by atoms with Crippen molar-refractivity contribution >= 4 is 29.1 Å². The normalized spacial score (nSPS) is 10.7. The van der Waals surface area contributed by atoms with Crippen LogP contribution in [0.1, 0.15) is 16.1 Å². The zero-order valence-corrected chi connectivity index (χ0v) is 20.9. The summed E-state index contributed by atoms with van der Waals surface area (Å²) >= 11 is 1.42. The first-order valence-corrected chi connectivity index (χ1v) is 12.5. The summed E-state index contributed by atoms with van der Waals surface area (Å²) in [4.78, 5) is 34.3. The highest BCUT2D eigenvalue weighted by atomic mass is 32.1. The van der Waals surface area contributed by atoms with E-state index in [0.717, 1.165) is 6.07 Å². The van der Waals surface area contributed by atoms with Gasteiger partial charge in [-0.05, 0) is 54.6 Å². The van der Waals surface area contributed by atoms with E-state index < -0.39 is 23.1 Å². The van der Waals surface area contributed by atoms with Crippen LogP contribution in [0.5, 0.6) is 11.5 Å². The Morgan fingerprint density at radius 2 is 1.90 bits per heavy atom. The number of nitrogens with one attached hydrogen (secondary N) is 2. The summed E-state index contributed by atoms with van der Waals surface area (Å²) in [7, 11) is 0. The van der Waals surface area contributed by atoms with Crippen LogP contribution >= 0.6 is 11.3 Å². The Hall–Kier alpha value is -5.03. The second-order valence-corrected chi connectivity index (χ2v) is 8.94. The Balaban J connectivity index is 1.37. The van der Waals surface area contributed by atoms with Crippen molar-refractivity contribution in [3.63, 3.8) is 0 Å². The summed E-state index contributed by atoms with van der Waals surface area (Å²) in [6.07, 6.45) is 4.43. The van der Waals surface area contributed by atoms with Gasteiger partial charge in [0, 0.05) is 53.4 Å². The SMILES string of the molecule is N=CCc1ncc(-c2cscn2)cc1Oc1ccc(NC(=O)c2cccn(-c3ccc(F)cc3)c2=O)cc1F. The van der Waals surface area contributed by atoms with Gasteiger partial charge in [0.1, 0.15) is 17.1 Å². The average Bonchev–Trinajstić information content (AvgIpc) is 3.47. The number of carbonyl (C=O) groups excluding carboxylic acids is 1. The summed E-state index contributed by atoms with van der Waals surface area (Å²) in [6.45, 7) is 0. The number of rotatable bonds is 8. The van der Waals surface area contributed by atoms with Gasteiger partial charge in [0.2, 0.25) is 0 Å². The van der Waals surface area contributed by atoms with Gasteiger partial charge >= 0.3 is 0 Å². The first-order chi connectivity index (χ1) is 18.9. The number of amides is 1. The van der Waals surface area contributed by atoms with E-state index in [1.807, 2.05) is 5.38 Å². The molecule has 0 atom stereocenters. The molecule has 0 aliphatic carbocycles. The van der Waals surface area contributed by atoms with Gasteiger partial charge in [-0.2, -0.15) is 0 Å². The second-order valence-electron chi connectivity index (χ2n) is 8.23. The van der Waals surface area contributed by atoms with Crippen molar-refractivity contribution in [2.24, 2.45) is 0 Å². The highest BCUT2D eigenvalue weighted by molar-refractivity contribution is 7.07. The number of carbonyl (C=O) groups is 1. The van der Waals surface area contributed by atoms with Crippen LogP contribution < -0.4 is 15.6 Å². The standard InChI is InChI=1S/C28H19F2N5O3S/c29-18-3-6-20(7-4-18)35-11-1-2-21(28(35)37)27(36)34-19-5-8-25(22(30)13-19)38-26-12-17(24-15-39-16-33-24)14-32-23(26)9-10-31/h1-8,10-16,31H,9H2,(H,34,36). The molecular formula is C28H19F2N5O3S. The Labute approximate surface area is 224 Å². The highest BCUT2D eigenvalue weighted by Crippen LogP contribution is 2.32. The van der Waals surface area contributed by atoms with Gasteiger partial charge in [-0.3, -0.25) is 19.1 Å². The molecule has 0 saturated carbocycles. The van der Waals surface area contributed by atoms with Gasteiger partial charge in [0.25, 0.3) is 11.5 Å². The number of aromatic nitrogens is 3. The van der Waals surface area contributed by atoms with Gasteiger partial charge in [-0.1, -0.05) is 0 Å². The van der Waals surface area contributed by atoms with Crippen LogP contribution in [-0.2, 0) is 6.42 Å². The Morgan fingerprint density at radius 3 is 2.62 bits per heavy atom. The molecule has 0 fully saturated rings. The molecule has 0 bridgehead atoms. The molecule has 3 heterocycles. The molecular weight excluding hydrogens is 524 g/mol. The lowest BCUT2D eigenvalue weighted by Crippen LogP contribution is -2.27. The van der Waals surface area contributed by atoms with Crippen molar-refractivity contribution in [1.29, 1.82) is 5.41 Å². The molecule has 0 unspecified atom stereocenters. The van der Waals surface area contributed by atoms with Crippen molar-refractivity contribution in [3.05, 3.63) is 117 Å². The first-order valence-electron chi connectivity index (χ1n) is 11.6. The van der Waals surface area contributed by atoms with Crippen molar-refractivity contribution in [2.45, 2.75) is 6.42 Å². The van der Waals surface area contributed by atoms with E-state index in [9.17, 15) is 14.0 Å². The van der Waals surface area contributed by atoms with Crippen LogP contribution in [0.4, 0.5) is 14.5 Å². The molecule has 39 heavy (non-hydrogen) atoms. The maximum absolute atomic E-state index is 15.0. The highest BCUT2D eigenvalue weighted by Gasteiger charge is 2.16. The predicted octanol–water partition coefficient (Wildman–Crippen LogP) is 5.87. The molecule has 5 aromatic rings. The summed E-state index contributed by atoms with van der Waals surface area (Å²) in [5, 5.41) is 11.8. The Bertz CT molecular complexity index is 1720. The topological polar surface area (TPSA) is 110 Å². The number of hydrogen-bond acceptors (Lipinski definition) is 7. The smallest absolute Gasteiger partial charge is 0.267 e. The van der Waals surface area contributed by atoms with Crippen LogP contribution in [-0.4, -0.2) is 26.7 Å². The van der Waals surface area contributed by atoms with Gasteiger partial charge in [-0.15, -0.1) is 11.3 Å². The number of pyridine rings is 2. The Morgan fingerprint density at radius 1 is 1.08 bits per heavy atom. The quantitative estimate of drug-likeness (QED) is 0.238. The molecule has 11 heteroatoms. The molecule has 194 valence electrons. The zero-order chi connectivity index (χ0) is 27.4. The van der Waals surface area contributed by atoms with Gasteiger partial charge in [-0.25, -0.2) is 13.8 Å². The maximum Gasteiger partial charge on any atom is 0.267 e. The van der Waals surface area contributed by atoms with E-state index in [4.69, 9.17) is 10.1 Å². The molecule has 0 aliphatic heterocycles. The average molecular weight is 544 g/mol. The third kappa shape index (κ3) is 5.63. The van der Waals surface area contributed by atoms with E-state index in [2.05, 4.69) is 15.3 Å². The van der Waals surface area contributed by atoms with Gasteiger partial charge in [0.15, 0.2) is 11.6 Å². The van der Waals surface area contributed by atoms with E-state index in [1.54, 1.807) is 17.8 Å². The van der Waals surface area contributed by atoms with Crippen LogP contribution in [0.25, 0.3) is 16.9 Å². The summed E-state index contributed by atoms with van der Waals surface area (Å²) in [5.41, 5.74) is 3.20. The van der Waals surface area contributed by atoms with Gasteiger partial charge in [0.05, 0.1) is 16.9 Å². The lowest BCUT2D eigenvalue weighted by Gasteiger charge is -2.13. The zero-order valence-electron chi connectivity index (χ0n) is 20.1. The number of thiazole rings is 1. The first kappa shape index (κ1) is 25.6. The molecule has 0 aliphatic rings. The molecule has 5 rings (SSSR count). The minimum atomic E-state index is -0.760. The molecule has 0 saturated heterocycles. The number of ether oxygens (including phenoxy) is 1. The molecule has 2 N–H and O–H groups in total. The van der Waals surface area contributed by atoms with Crippen LogP contribution in [0.15, 0.2) is 88.7 Å². The largest absolute Gasteiger partial charge is 0.452 e. The summed E-state index contributed by atoms with van der Waals surface area (Å²) < 4.78 is 35.3. The van der Waals surface area contributed by atoms with Crippen molar-refractivity contribution in [1.82, 2.24) is 14.5 Å². The van der Waals surface area contributed by atoms with Crippen LogP contribution in [0.3, 0.4) is 0 Å². The molecule has 0 radical (unpaired) electrons. The van der Waals surface area contributed by atoms with Crippen molar-refractivity contribution in [2.75, 3.05) is 5.32 Å². The lowest BCUT2D eigenvalue weighted by atomic mass is 10.1. The fourth-order valence-electron chi connectivity index (χ4n) is 3.76. The van der Waals surface area contributed by atoms with E-state index >= 15 is 4.39 Å². The molecule has 3 aromatic heterocycles. The predicted molar refractivity (Wildman–Crippen MR) is 144 cm³/mol. The number of benzene rings is 2. The molecule has 1 amide bonds. The second kappa shape index (κ2) is 11.2. The van der Waals surface area contributed by atoms with E-state index in [-0.39, 0.29) is 29.2 Å². The molecule has 0 spiro atoms. The lowest BCUT2D eigenvalue weighted by molar-refractivity contribution is 0.102. The monoisotopic (exact) mass is 543 g/mol. The summed E-state index contributed by atoms with van der Waals surface area (Å²) in [5.74, 6) is -1.80. The van der Waals surface area contributed by atoms with Crippen molar-refractivity contribution < 1.29 is 18.3 Å². The molecule has 8 nitrogen and oxygen atoms in total. The van der Waals surface area contributed by atoms with E-state index in [0.29, 0.717) is 22.6 Å². The maximum atomic E-state index is 15.0. The summed E-state index contributed by atoms with van der Waals surface area (Å²) in [6, 6.07) is 13.6.